The van der Waals surface area contributed by atoms with E-state index in [1.54, 1.807) is 30.3 Å². The maximum atomic E-state index is 12.8. The van der Waals surface area contributed by atoms with Gasteiger partial charge in [0.25, 0.3) is 5.91 Å². The molecule has 1 aromatic heterocycles. The van der Waals surface area contributed by atoms with Gasteiger partial charge in [-0.05, 0) is 47.0 Å². The van der Waals surface area contributed by atoms with Crippen molar-refractivity contribution in [3.05, 3.63) is 34.4 Å². The predicted molar refractivity (Wildman–Crippen MR) is 106 cm³/mol. The Morgan fingerprint density at radius 2 is 2.11 bits per heavy atom. The van der Waals surface area contributed by atoms with Gasteiger partial charge in [-0.25, -0.2) is 4.98 Å². The summed E-state index contributed by atoms with van der Waals surface area (Å²) in [5.74, 6) is 1.42. The lowest BCUT2D eigenvalue weighted by Crippen LogP contribution is -2.40. The van der Waals surface area contributed by atoms with Gasteiger partial charge in [0.05, 0.1) is 42.8 Å². The molecule has 0 radical (unpaired) electrons. The summed E-state index contributed by atoms with van der Waals surface area (Å²) in [5.41, 5.74) is 1.30. The first-order valence-corrected chi connectivity index (χ1v) is 9.94. The van der Waals surface area contributed by atoms with Crippen LogP contribution < -0.4 is 14.8 Å². The minimum absolute atomic E-state index is 0.0166. The van der Waals surface area contributed by atoms with Gasteiger partial charge in [0, 0.05) is 18.7 Å². The van der Waals surface area contributed by atoms with Gasteiger partial charge >= 0.3 is 0 Å². The third-order valence-electron chi connectivity index (χ3n) is 4.50. The zero-order valence-corrected chi connectivity index (χ0v) is 17.1. The van der Waals surface area contributed by atoms with Crippen LogP contribution in [0.15, 0.2) is 28.9 Å². The molecule has 0 atom stereocenters. The summed E-state index contributed by atoms with van der Waals surface area (Å²) < 4.78 is 17.2. The van der Waals surface area contributed by atoms with Gasteiger partial charge in [-0.1, -0.05) is 0 Å². The van der Waals surface area contributed by atoms with Crippen LogP contribution in [-0.4, -0.2) is 60.3 Å². The van der Waals surface area contributed by atoms with Crippen LogP contribution >= 0.6 is 15.9 Å². The molecule has 8 nitrogen and oxygen atoms in total. The number of hydrogen-bond acceptors (Lipinski definition) is 7. The van der Waals surface area contributed by atoms with Gasteiger partial charge in [-0.3, -0.25) is 4.79 Å². The fourth-order valence-electron chi connectivity index (χ4n) is 2.85. The molecular formula is C19H21BrN4O4. The van der Waals surface area contributed by atoms with Crippen molar-refractivity contribution in [3.63, 3.8) is 0 Å². The summed E-state index contributed by atoms with van der Waals surface area (Å²) >= 11 is 3.34. The van der Waals surface area contributed by atoms with E-state index in [4.69, 9.17) is 14.2 Å². The first-order valence-electron chi connectivity index (χ1n) is 9.15. The second-order valence-electron chi connectivity index (χ2n) is 6.61. The summed E-state index contributed by atoms with van der Waals surface area (Å²) in [5, 5.41) is 3.16. The molecule has 0 unspecified atom stereocenters. The molecule has 1 aromatic carbocycles. The number of anilines is 2. The fourth-order valence-corrected chi connectivity index (χ4v) is 3.20. The Balaban J connectivity index is 1.58. The number of nitrogens with zero attached hydrogens (tertiary/aromatic N) is 3. The Morgan fingerprint density at radius 1 is 1.32 bits per heavy atom. The fraction of sp³-hybridized carbons (Fsp3) is 0.421. The second-order valence-corrected chi connectivity index (χ2v) is 7.46. The van der Waals surface area contributed by atoms with E-state index >= 15 is 0 Å². The lowest BCUT2D eigenvalue weighted by molar-refractivity contribution is 0.0302. The summed E-state index contributed by atoms with van der Waals surface area (Å²) in [6, 6.07) is 5.40. The largest absolute Gasteiger partial charge is 0.488 e. The number of ether oxygens (including phenoxy) is 3. The van der Waals surface area contributed by atoms with Crippen LogP contribution in [0.3, 0.4) is 0 Å². The highest BCUT2D eigenvalue weighted by molar-refractivity contribution is 9.10. The van der Waals surface area contributed by atoms with Crippen LogP contribution in [0.5, 0.6) is 11.6 Å². The maximum absolute atomic E-state index is 12.8. The van der Waals surface area contributed by atoms with Crippen LogP contribution in [-0.2, 0) is 4.74 Å². The molecule has 148 valence electrons. The molecule has 1 aliphatic heterocycles. The molecule has 2 heterocycles. The van der Waals surface area contributed by atoms with Gasteiger partial charge in [-0.2, -0.15) is 4.98 Å². The average molecular weight is 449 g/mol. The third kappa shape index (κ3) is 4.36. The zero-order chi connectivity index (χ0) is 19.5. The molecule has 4 rings (SSSR count). The second kappa shape index (κ2) is 8.32. The van der Waals surface area contributed by atoms with E-state index in [1.165, 1.54) is 0 Å². The Morgan fingerprint density at radius 3 is 2.82 bits per heavy atom. The first kappa shape index (κ1) is 18.9. The number of benzene rings is 1. The summed E-state index contributed by atoms with van der Waals surface area (Å²) in [4.78, 5) is 23.2. The number of morpholine rings is 1. The Hall–Kier alpha value is -2.39. The predicted octanol–water partition coefficient (Wildman–Crippen LogP) is 3.00. The number of halogens is 1. The van der Waals surface area contributed by atoms with Gasteiger partial charge in [0.1, 0.15) is 5.75 Å². The number of hydrogen-bond donors (Lipinski definition) is 1. The zero-order valence-electron chi connectivity index (χ0n) is 15.5. The first-order chi connectivity index (χ1) is 13.6. The highest BCUT2D eigenvalue weighted by Gasteiger charge is 2.26. The number of rotatable bonds is 6. The summed E-state index contributed by atoms with van der Waals surface area (Å²) in [7, 11) is 1.55. The molecule has 1 amide bonds. The molecule has 2 aliphatic rings. The third-order valence-corrected chi connectivity index (χ3v) is 5.04. The number of aromatic nitrogens is 2. The normalized spacial score (nSPS) is 16.6. The van der Waals surface area contributed by atoms with E-state index in [0.29, 0.717) is 59.6 Å². The van der Waals surface area contributed by atoms with Crippen molar-refractivity contribution in [2.45, 2.75) is 18.9 Å². The molecule has 1 N–H and O–H groups in total. The monoisotopic (exact) mass is 448 g/mol. The van der Waals surface area contributed by atoms with E-state index in [9.17, 15) is 4.79 Å². The quantitative estimate of drug-likeness (QED) is 0.726. The van der Waals surface area contributed by atoms with Crippen LogP contribution in [0, 0.1) is 0 Å². The van der Waals surface area contributed by atoms with Crippen LogP contribution in [0.4, 0.5) is 11.6 Å². The summed E-state index contributed by atoms with van der Waals surface area (Å²) in [6.45, 7) is 2.34. The number of carbonyl (C=O) groups is 1. The van der Waals surface area contributed by atoms with Crippen LogP contribution in [0.1, 0.15) is 23.2 Å². The Kier molecular flexibility index (Phi) is 5.63. The smallest absolute Gasteiger partial charge is 0.254 e. The topological polar surface area (TPSA) is 85.8 Å². The number of nitrogens with one attached hydrogen (secondary N) is 1. The minimum atomic E-state index is -0.0166. The summed E-state index contributed by atoms with van der Waals surface area (Å²) in [6.07, 6.45) is 3.84. The van der Waals surface area contributed by atoms with Crippen molar-refractivity contribution < 1.29 is 19.0 Å². The minimum Gasteiger partial charge on any atom is -0.488 e. The Labute approximate surface area is 171 Å². The van der Waals surface area contributed by atoms with E-state index in [2.05, 4.69) is 31.2 Å². The standard InChI is InChI=1S/C19H21BrN4O4/c1-26-17-14(20)11-21-19(23-17)22-15-5-2-12(10-16(15)28-13-3-4-13)18(25)24-6-8-27-9-7-24/h2,5,10-11,13H,3-4,6-9H2,1H3,(H,21,22,23). The van der Waals surface area contributed by atoms with E-state index in [-0.39, 0.29) is 12.0 Å². The average Bonchev–Trinajstić information content (AvgIpc) is 3.55. The number of amides is 1. The molecular weight excluding hydrogens is 428 g/mol. The van der Waals surface area contributed by atoms with Crippen LogP contribution in [0.2, 0.25) is 0 Å². The molecule has 1 saturated heterocycles. The highest BCUT2D eigenvalue weighted by atomic mass is 79.9. The molecule has 1 aliphatic carbocycles. The van der Waals surface area contributed by atoms with Crippen molar-refractivity contribution in [1.82, 2.24) is 14.9 Å². The molecule has 0 bridgehead atoms. The number of carbonyl (C=O) groups excluding carboxylic acids is 1. The van der Waals surface area contributed by atoms with Crippen LogP contribution in [0.25, 0.3) is 0 Å². The van der Waals surface area contributed by atoms with Gasteiger partial charge in [0.15, 0.2) is 0 Å². The molecule has 1 saturated carbocycles. The SMILES string of the molecule is COc1nc(Nc2ccc(C(=O)N3CCOCC3)cc2OC2CC2)ncc1Br. The van der Waals surface area contributed by atoms with Crippen molar-refractivity contribution in [2.75, 3.05) is 38.7 Å². The van der Waals surface area contributed by atoms with Gasteiger partial charge in [-0.15, -0.1) is 0 Å². The maximum Gasteiger partial charge on any atom is 0.254 e. The molecule has 2 fully saturated rings. The van der Waals surface area contributed by atoms with Crippen molar-refractivity contribution in [3.8, 4) is 11.6 Å². The highest BCUT2D eigenvalue weighted by Crippen LogP contribution is 2.35. The number of methoxy groups -OCH3 is 1. The molecule has 2 aromatic rings. The van der Waals surface area contributed by atoms with Gasteiger partial charge in [0.2, 0.25) is 11.8 Å². The molecule has 0 spiro atoms. The molecule has 9 heteroatoms. The van der Waals surface area contributed by atoms with Crippen molar-refractivity contribution >= 4 is 33.5 Å². The Bertz CT molecular complexity index is 869. The lowest BCUT2D eigenvalue weighted by Gasteiger charge is -2.27. The lowest BCUT2D eigenvalue weighted by atomic mass is 10.1. The van der Waals surface area contributed by atoms with Crippen molar-refractivity contribution in [2.24, 2.45) is 0 Å². The van der Waals surface area contributed by atoms with E-state index < -0.39 is 0 Å². The molecule has 28 heavy (non-hydrogen) atoms. The van der Waals surface area contributed by atoms with E-state index in [1.807, 2.05) is 6.07 Å². The van der Waals surface area contributed by atoms with E-state index in [0.717, 1.165) is 12.8 Å². The van der Waals surface area contributed by atoms with Crippen molar-refractivity contribution in [1.29, 1.82) is 0 Å². The van der Waals surface area contributed by atoms with Gasteiger partial charge < -0.3 is 24.4 Å².